The maximum absolute atomic E-state index is 12.4. The zero-order chi connectivity index (χ0) is 14.3. The van der Waals surface area contributed by atoms with Crippen LogP contribution < -0.4 is 5.32 Å². The third kappa shape index (κ3) is 2.73. The van der Waals surface area contributed by atoms with Gasteiger partial charge in [-0.2, -0.15) is 0 Å². The normalized spacial score (nSPS) is 19.7. The molecule has 2 rings (SSSR count). The van der Waals surface area contributed by atoms with Crippen LogP contribution in [0.25, 0.3) is 0 Å². The van der Waals surface area contributed by atoms with Crippen molar-refractivity contribution in [2.45, 2.75) is 18.7 Å². The van der Waals surface area contributed by atoms with E-state index >= 15 is 0 Å². The number of carbonyl (C=O) groups excluding carboxylic acids is 1. The van der Waals surface area contributed by atoms with E-state index in [-0.39, 0.29) is 21.6 Å². The lowest BCUT2D eigenvalue weighted by atomic mass is 9.96. The van der Waals surface area contributed by atoms with Gasteiger partial charge in [-0.05, 0) is 23.6 Å². The largest absolute Gasteiger partial charge is 0.465 e. The molecule has 1 N–H and O–H groups in total. The first kappa shape index (κ1) is 13.9. The number of ether oxygens (including phenoxy) is 1. The highest BCUT2D eigenvalue weighted by molar-refractivity contribution is 7.91. The summed E-state index contributed by atoms with van der Waals surface area (Å²) in [4.78, 5) is 11.7. The Morgan fingerprint density at radius 3 is 2.68 bits per heavy atom. The number of carbonyl (C=O) groups is 1. The van der Waals surface area contributed by atoms with Crippen molar-refractivity contribution in [2.75, 3.05) is 24.7 Å². The first-order valence-electron chi connectivity index (χ1n) is 5.94. The monoisotopic (exact) mass is 283 g/mol. The van der Waals surface area contributed by atoms with Crippen molar-refractivity contribution in [3.05, 3.63) is 23.8 Å². The highest BCUT2D eigenvalue weighted by atomic mass is 32.2. The molecule has 0 amide bonds. The Morgan fingerprint density at radius 2 is 2.05 bits per heavy atom. The van der Waals surface area contributed by atoms with Crippen LogP contribution in [0.15, 0.2) is 23.1 Å². The van der Waals surface area contributed by atoms with Gasteiger partial charge in [-0.3, -0.25) is 0 Å². The van der Waals surface area contributed by atoms with Gasteiger partial charge in [-0.15, -0.1) is 0 Å². The molecule has 5 nitrogen and oxygen atoms in total. The first-order chi connectivity index (χ1) is 8.75. The van der Waals surface area contributed by atoms with E-state index in [1.807, 2.05) is 13.8 Å². The highest BCUT2D eigenvalue weighted by Crippen LogP contribution is 2.33. The topological polar surface area (TPSA) is 72.5 Å². The Balaban J connectivity index is 2.56. The molecule has 0 aromatic heterocycles. The standard InChI is InChI=1S/C13H17NO4S/c1-13(2)7-14-10-5-4-9(12(15)18-3)6-11(10)19(16,17)8-13/h4-6,14H,7-8H2,1-3H3. The summed E-state index contributed by atoms with van der Waals surface area (Å²) in [5, 5.41) is 3.12. The van der Waals surface area contributed by atoms with Gasteiger partial charge in [0.15, 0.2) is 9.84 Å². The molecule has 0 unspecified atom stereocenters. The number of hydrogen-bond donors (Lipinski definition) is 1. The molecule has 1 heterocycles. The second-order valence-corrected chi connectivity index (χ2v) is 7.44. The molecule has 0 saturated carbocycles. The zero-order valence-electron chi connectivity index (χ0n) is 11.2. The number of methoxy groups -OCH3 is 1. The minimum Gasteiger partial charge on any atom is -0.465 e. The van der Waals surface area contributed by atoms with Crippen molar-refractivity contribution in [3.63, 3.8) is 0 Å². The SMILES string of the molecule is COC(=O)c1ccc2c(c1)S(=O)(=O)CC(C)(C)CN2. The molecule has 1 aliphatic heterocycles. The van der Waals surface area contributed by atoms with Crippen molar-refractivity contribution in [1.29, 1.82) is 0 Å². The number of nitrogens with one attached hydrogen (secondary N) is 1. The van der Waals surface area contributed by atoms with E-state index in [9.17, 15) is 13.2 Å². The van der Waals surface area contributed by atoms with Crippen LogP contribution in [0, 0.1) is 5.41 Å². The van der Waals surface area contributed by atoms with Gasteiger partial charge in [0.1, 0.15) is 0 Å². The van der Waals surface area contributed by atoms with Crippen LogP contribution in [-0.4, -0.2) is 33.8 Å². The van der Waals surface area contributed by atoms with Crippen LogP contribution in [0.1, 0.15) is 24.2 Å². The molecule has 1 aromatic carbocycles. The summed E-state index contributed by atoms with van der Waals surface area (Å²) in [6.07, 6.45) is 0. The molecular weight excluding hydrogens is 266 g/mol. The quantitative estimate of drug-likeness (QED) is 0.794. The third-order valence-corrected chi connectivity index (χ3v) is 5.25. The summed E-state index contributed by atoms with van der Waals surface area (Å²) in [5.41, 5.74) is 0.424. The third-order valence-electron chi connectivity index (χ3n) is 3.08. The van der Waals surface area contributed by atoms with E-state index in [4.69, 9.17) is 0 Å². The number of rotatable bonds is 1. The van der Waals surface area contributed by atoms with E-state index in [1.54, 1.807) is 12.1 Å². The Morgan fingerprint density at radius 1 is 1.37 bits per heavy atom. The van der Waals surface area contributed by atoms with E-state index in [1.165, 1.54) is 13.2 Å². The Kier molecular flexibility index (Phi) is 3.30. The maximum atomic E-state index is 12.4. The maximum Gasteiger partial charge on any atom is 0.337 e. The summed E-state index contributed by atoms with van der Waals surface area (Å²) in [7, 11) is -2.15. The molecule has 104 valence electrons. The van der Waals surface area contributed by atoms with E-state index in [2.05, 4.69) is 10.1 Å². The summed E-state index contributed by atoms with van der Waals surface area (Å²) < 4.78 is 29.4. The second kappa shape index (κ2) is 4.52. The van der Waals surface area contributed by atoms with Crippen molar-refractivity contribution < 1.29 is 17.9 Å². The van der Waals surface area contributed by atoms with Crippen LogP contribution in [0.3, 0.4) is 0 Å². The first-order valence-corrected chi connectivity index (χ1v) is 7.59. The fourth-order valence-electron chi connectivity index (χ4n) is 2.15. The Hall–Kier alpha value is -1.56. The Bertz CT molecular complexity index is 620. The minimum absolute atomic E-state index is 0.0463. The van der Waals surface area contributed by atoms with Crippen LogP contribution in [0.4, 0.5) is 5.69 Å². The van der Waals surface area contributed by atoms with E-state index in [0.29, 0.717) is 12.2 Å². The van der Waals surface area contributed by atoms with E-state index < -0.39 is 15.8 Å². The van der Waals surface area contributed by atoms with Gasteiger partial charge < -0.3 is 10.1 Å². The van der Waals surface area contributed by atoms with E-state index in [0.717, 1.165) is 0 Å². The molecule has 6 heteroatoms. The number of esters is 1. The summed E-state index contributed by atoms with van der Waals surface area (Å²) >= 11 is 0. The van der Waals surface area contributed by atoms with Gasteiger partial charge in [0, 0.05) is 6.54 Å². The van der Waals surface area contributed by atoms with Gasteiger partial charge in [0.05, 0.1) is 29.0 Å². The van der Waals surface area contributed by atoms with Gasteiger partial charge >= 0.3 is 5.97 Å². The van der Waals surface area contributed by atoms with Crippen LogP contribution >= 0.6 is 0 Å². The summed E-state index contributed by atoms with van der Waals surface area (Å²) in [6.45, 7) is 4.35. The van der Waals surface area contributed by atoms with Crippen LogP contribution in [0.2, 0.25) is 0 Å². The smallest absolute Gasteiger partial charge is 0.337 e. The lowest BCUT2D eigenvalue weighted by Gasteiger charge is -2.20. The van der Waals surface area contributed by atoms with Gasteiger partial charge in [-0.1, -0.05) is 13.8 Å². The predicted molar refractivity (Wildman–Crippen MR) is 72.1 cm³/mol. The number of hydrogen-bond acceptors (Lipinski definition) is 5. The lowest BCUT2D eigenvalue weighted by molar-refractivity contribution is 0.0600. The molecule has 0 saturated heterocycles. The van der Waals surface area contributed by atoms with Crippen LogP contribution in [-0.2, 0) is 14.6 Å². The van der Waals surface area contributed by atoms with Crippen molar-refractivity contribution >= 4 is 21.5 Å². The Labute approximate surface area is 112 Å². The van der Waals surface area contributed by atoms with Crippen molar-refractivity contribution in [1.82, 2.24) is 0 Å². The second-order valence-electron chi connectivity index (χ2n) is 5.48. The van der Waals surface area contributed by atoms with Crippen molar-refractivity contribution in [3.8, 4) is 0 Å². The number of fused-ring (bicyclic) bond motifs is 1. The summed E-state index contributed by atoms with van der Waals surface area (Å²) in [6, 6.07) is 4.55. The molecule has 0 radical (unpaired) electrons. The number of benzene rings is 1. The van der Waals surface area contributed by atoms with Gasteiger partial charge in [0.2, 0.25) is 0 Å². The zero-order valence-corrected chi connectivity index (χ0v) is 12.0. The fraction of sp³-hybridized carbons (Fsp3) is 0.462. The van der Waals surface area contributed by atoms with Crippen molar-refractivity contribution in [2.24, 2.45) is 5.41 Å². The molecule has 0 bridgehead atoms. The summed E-state index contributed by atoms with van der Waals surface area (Å²) in [5.74, 6) is -0.494. The molecule has 0 aliphatic carbocycles. The average Bonchev–Trinajstić information content (AvgIpc) is 2.42. The lowest BCUT2D eigenvalue weighted by Crippen LogP contribution is -2.28. The molecule has 1 aromatic rings. The van der Waals surface area contributed by atoms with Crippen LogP contribution in [0.5, 0.6) is 0 Å². The highest BCUT2D eigenvalue weighted by Gasteiger charge is 2.33. The number of sulfone groups is 1. The van der Waals surface area contributed by atoms with Gasteiger partial charge in [0.25, 0.3) is 0 Å². The molecule has 1 aliphatic rings. The number of anilines is 1. The predicted octanol–water partition coefficient (Wildman–Crippen LogP) is 1.70. The minimum atomic E-state index is -3.42. The molecular formula is C13H17NO4S. The molecule has 0 atom stereocenters. The fourth-order valence-corrected chi connectivity index (χ4v) is 4.22. The molecule has 0 fully saturated rings. The molecule has 19 heavy (non-hydrogen) atoms. The average molecular weight is 283 g/mol. The molecule has 0 spiro atoms. The van der Waals surface area contributed by atoms with Gasteiger partial charge in [-0.25, -0.2) is 13.2 Å².